The molecule has 0 fully saturated rings. The number of esters is 1. The lowest BCUT2D eigenvalue weighted by Gasteiger charge is -2.10. The van der Waals surface area contributed by atoms with E-state index in [1.54, 1.807) is 20.8 Å². The topological polar surface area (TPSA) is 111 Å². The van der Waals surface area contributed by atoms with Crippen LogP contribution in [0, 0.1) is 0 Å². The molecule has 4 N–H and O–H groups in total. The van der Waals surface area contributed by atoms with Gasteiger partial charge in [-0.25, -0.2) is 4.79 Å². The van der Waals surface area contributed by atoms with Crippen LogP contribution < -0.4 is 16.4 Å². The van der Waals surface area contributed by atoms with Crippen molar-refractivity contribution in [2.24, 2.45) is 5.73 Å². The summed E-state index contributed by atoms with van der Waals surface area (Å²) in [5.74, 6) is -0.132. The third kappa shape index (κ3) is 9.62. The van der Waals surface area contributed by atoms with Crippen molar-refractivity contribution in [2.75, 3.05) is 18.1 Å². The molecule has 7 nitrogen and oxygen atoms in total. The summed E-state index contributed by atoms with van der Waals surface area (Å²) in [5, 5.41) is 4.76. The van der Waals surface area contributed by atoms with Crippen molar-refractivity contribution in [3.05, 3.63) is 0 Å². The first-order valence-corrected chi connectivity index (χ1v) is 7.62. The van der Waals surface area contributed by atoms with Crippen LogP contribution in [-0.2, 0) is 14.3 Å². The Morgan fingerprint density at radius 3 is 2.50 bits per heavy atom. The summed E-state index contributed by atoms with van der Waals surface area (Å²) in [6.45, 7) is 5.62. The molecule has 0 saturated heterocycles. The monoisotopic (exact) mass is 305 g/mol. The predicted molar refractivity (Wildman–Crippen MR) is 78.4 cm³/mol. The number of amides is 3. The van der Waals surface area contributed by atoms with E-state index < -0.39 is 18.0 Å². The van der Waals surface area contributed by atoms with Gasteiger partial charge in [-0.3, -0.25) is 14.9 Å². The second kappa shape index (κ2) is 10.5. The number of hydrogen-bond donors (Lipinski definition) is 3. The average molecular weight is 305 g/mol. The fourth-order valence-electron chi connectivity index (χ4n) is 1.20. The molecule has 0 bridgehead atoms. The molecule has 0 aromatic rings. The Morgan fingerprint density at radius 2 is 1.95 bits per heavy atom. The highest BCUT2D eigenvalue weighted by molar-refractivity contribution is 7.99. The highest BCUT2D eigenvalue weighted by Gasteiger charge is 2.14. The van der Waals surface area contributed by atoms with Crippen molar-refractivity contribution < 1.29 is 19.1 Å². The van der Waals surface area contributed by atoms with Crippen LogP contribution >= 0.6 is 11.8 Å². The summed E-state index contributed by atoms with van der Waals surface area (Å²) in [5.41, 5.74) is 5.60. The molecule has 1 unspecified atom stereocenters. The van der Waals surface area contributed by atoms with Crippen molar-refractivity contribution >= 4 is 29.7 Å². The third-order valence-electron chi connectivity index (χ3n) is 2.07. The molecule has 0 aliphatic carbocycles. The summed E-state index contributed by atoms with van der Waals surface area (Å²) in [4.78, 5) is 33.9. The fraction of sp³-hybridized carbons (Fsp3) is 0.750. The molecule has 0 aliphatic rings. The van der Waals surface area contributed by atoms with Gasteiger partial charge in [-0.2, -0.15) is 11.8 Å². The van der Waals surface area contributed by atoms with Gasteiger partial charge in [-0.1, -0.05) is 0 Å². The van der Waals surface area contributed by atoms with Gasteiger partial charge in [0.25, 0.3) is 0 Å². The highest BCUT2D eigenvalue weighted by Crippen LogP contribution is 2.04. The third-order valence-corrected chi connectivity index (χ3v) is 3.06. The van der Waals surface area contributed by atoms with Crippen molar-refractivity contribution in [2.45, 2.75) is 39.3 Å². The number of rotatable bonds is 8. The minimum Gasteiger partial charge on any atom is -0.465 e. The van der Waals surface area contributed by atoms with E-state index in [9.17, 15) is 14.4 Å². The molecule has 0 aromatic carbocycles. The Hall–Kier alpha value is -1.28. The van der Waals surface area contributed by atoms with Gasteiger partial charge in [0.2, 0.25) is 5.91 Å². The van der Waals surface area contributed by atoms with Crippen molar-refractivity contribution in [3.63, 3.8) is 0 Å². The lowest BCUT2D eigenvalue weighted by Crippen LogP contribution is -2.43. The summed E-state index contributed by atoms with van der Waals surface area (Å²) in [6, 6.07) is -1.21. The van der Waals surface area contributed by atoms with Crippen molar-refractivity contribution in [1.29, 1.82) is 0 Å². The number of nitrogens with one attached hydrogen (secondary N) is 2. The standard InChI is InChI=1S/C12H23N3O4S/c1-4-19-11(17)9(13)5-6-20-7-10(16)15-12(18)14-8(2)3/h8-9H,4-7,13H2,1-3H3,(H2,14,15,16,18). The predicted octanol–water partition coefficient (Wildman–Crippen LogP) is 0.234. The maximum atomic E-state index is 11.4. The number of thioether (sulfide) groups is 1. The zero-order valence-corrected chi connectivity index (χ0v) is 12.9. The molecule has 3 amide bonds. The minimum atomic E-state index is -0.672. The van der Waals surface area contributed by atoms with Gasteiger partial charge in [0.1, 0.15) is 6.04 Å². The van der Waals surface area contributed by atoms with E-state index in [0.717, 1.165) is 0 Å². The SMILES string of the molecule is CCOC(=O)C(N)CCSCC(=O)NC(=O)NC(C)C. The van der Waals surface area contributed by atoms with E-state index in [0.29, 0.717) is 18.8 Å². The highest BCUT2D eigenvalue weighted by atomic mass is 32.2. The summed E-state index contributed by atoms with van der Waals surface area (Å²) in [7, 11) is 0. The molecule has 20 heavy (non-hydrogen) atoms. The van der Waals surface area contributed by atoms with Gasteiger partial charge in [-0.05, 0) is 32.9 Å². The quantitative estimate of drug-likeness (QED) is 0.437. The smallest absolute Gasteiger partial charge is 0.322 e. The van der Waals surface area contributed by atoms with Crippen LogP contribution in [0.25, 0.3) is 0 Å². The van der Waals surface area contributed by atoms with Gasteiger partial charge in [0.05, 0.1) is 12.4 Å². The van der Waals surface area contributed by atoms with Crippen LogP contribution in [0.2, 0.25) is 0 Å². The Bertz CT molecular complexity index is 337. The summed E-state index contributed by atoms with van der Waals surface area (Å²) in [6.07, 6.45) is 0.426. The number of hydrogen-bond acceptors (Lipinski definition) is 6. The Balaban J connectivity index is 3.71. The van der Waals surface area contributed by atoms with Gasteiger partial charge < -0.3 is 15.8 Å². The number of imide groups is 1. The van der Waals surface area contributed by atoms with Gasteiger partial charge in [0, 0.05) is 6.04 Å². The van der Waals surface area contributed by atoms with E-state index in [-0.39, 0.29) is 17.7 Å². The number of nitrogens with two attached hydrogens (primary N) is 1. The first-order chi connectivity index (χ1) is 9.36. The molecule has 0 saturated carbocycles. The van der Waals surface area contributed by atoms with E-state index in [4.69, 9.17) is 10.5 Å². The molecule has 0 rings (SSSR count). The number of ether oxygens (including phenoxy) is 1. The molecular formula is C12H23N3O4S. The zero-order chi connectivity index (χ0) is 15.5. The summed E-state index contributed by atoms with van der Waals surface area (Å²) >= 11 is 1.31. The van der Waals surface area contributed by atoms with Gasteiger partial charge in [0.15, 0.2) is 0 Å². The Kier molecular flexibility index (Phi) is 9.83. The Morgan fingerprint density at radius 1 is 1.30 bits per heavy atom. The zero-order valence-electron chi connectivity index (χ0n) is 12.1. The second-order valence-corrected chi connectivity index (χ2v) is 5.48. The van der Waals surface area contributed by atoms with Crippen molar-refractivity contribution in [1.82, 2.24) is 10.6 Å². The molecule has 1 atom stereocenters. The molecule has 0 heterocycles. The van der Waals surface area contributed by atoms with Crippen LogP contribution in [0.15, 0.2) is 0 Å². The maximum absolute atomic E-state index is 11.4. The molecule has 8 heteroatoms. The molecular weight excluding hydrogens is 282 g/mol. The van der Waals surface area contributed by atoms with Crippen LogP contribution in [0.5, 0.6) is 0 Å². The van der Waals surface area contributed by atoms with Crippen LogP contribution in [0.1, 0.15) is 27.2 Å². The Labute approximate surface area is 123 Å². The fourth-order valence-corrected chi connectivity index (χ4v) is 2.03. The molecule has 0 spiro atoms. The van der Waals surface area contributed by atoms with Gasteiger partial charge >= 0.3 is 12.0 Å². The van der Waals surface area contributed by atoms with Gasteiger partial charge in [-0.15, -0.1) is 0 Å². The summed E-state index contributed by atoms with van der Waals surface area (Å²) < 4.78 is 4.77. The van der Waals surface area contributed by atoms with E-state index in [2.05, 4.69) is 10.6 Å². The molecule has 0 radical (unpaired) electrons. The normalized spacial score (nSPS) is 11.8. The van der Waals surface area contributed by atoms with Crippen molar-refractivity contribution in [3.8, 4) is 0 Å². The number of carbonyl (C=O) groups excluding carboxylic acids is 3. The van der Waals surface area contributed by atoms with E-state index in [1.165, 1.54) is 11.8 Å². The van der Waals surface area contributed by atoms with E-state index >= 15 is 0 Å². The number of urea groups is 1. The average Bonchev–Trinajstić information content (AvgIpc) is 2.33. The largest absolute Gasteiger partial charge is 0.465 e. The molecule has 116 valence electrons. The second-order valence-electron chi connectivity index (χ2n) is 4.38. The van der Waals surface area contributed by atoms with Crippen LogP contribution in [0.3, 0.4) is 0 Å². The first-order valence-electron chi connectivity index (χ1n) is 6.47. The van der Waals surface area contributed by atoms with E-state index in [1.807, 2.05) is 0 Å². The lowest BCUT2D eigenvalue weighted by molar-refractivity contribution is -0.144. The lowest BCUT2D eigenvalue weighted by atomic mass is 10.2. The number of carbonyl (C=O) groups is 3. The molecule has 0 aromatic heterocycles. The maximum Gasteiger partial charge on any atom is 0.322 e. The molecule has 0 aliphatic heterocycles. The minimum absolute atomic E-state index is 0.0296. The van der Waals surface area contributed by atoms with Crippen LogP contribution in [-0.4, -0.2) is 48.1 Å². The first kappa shape index (κ1) is 18.7. The van der Waals surface area contributed by atoms with Crippen LogP contribution in [0.4, 0.5) is 4.79 Å².